The number of aromatic nitrogens is 3. The predicted molar refractivity (Wildman–Crippen MR) is 146 cm³/mol. The average molecular weight is 550 g/mol. The lowest BCUT2D eigenvalue weighted by molar-refractivity contribution is 0.0554. The lowest BCUT2D eigenvalue weighted by Crippen LogP contribution is -2.29. The molecule has 0 aliphatic carbocycles. The lowest BCUT2D eigenvalue weighted by Gasteiger charge is -2.25. The molecule has 0 amide bonds. The molecule has 0 spiro atoms. The van der Waals surface area contributed by atoms with E-state index in [1.54, 1.807) is 24.5 Å². The van der Waals surface area contributed by atoms with Gasteiger partial charge in [-0.2, -0.15) is 4.98 Å². The SMILES string of the molecule is COCC(c1ccccc1)n1c(COC(C)C)nc(=O)c(S(=O)(=O)c2ccc(-c3ccncc3C)cc2)c1O. The van der Waals surface area contributed by atoms with Crippen LogP contribution in [0.3, 0.4) is 0 Å². The van der Waals surface area contributed by atoms with E-state index in [-0.39, 0.29) is 30.0 Å². The molecule has 2 aromatic carbocycles. The maximum atomic E-state index is 13.8. The van der Waals surface area contributed by atoms with Crippen LogP contribution >= 0.6 is 0 Å². The van der Waals surface area contributed by atoms with Gasteiger partial charge in [-0.25, -0.2) is 8.42 Å². The van der Waals surface area contributed by atoms with E-state index in [0.29, 0.717) is 0 Å². The van der Waals surface area contributed by atoms with Crippen molar-refractivity contribution in [2.24, 2.45) is 0 Å². The molecule has 0 aliphatic rings. The van der Waals surface area contributed by atoms with Gasteiger partial charge in [-0.1, -0.05) is 42.5 Å². The summed E-state index contributed by atoms with van der Waals surface area (Å²) in [6.07, 6.45) is 3.19. The molecule has 0 saturated heterocycles. The van der Waals surface area contributed by atoms with Crippen molar-refractivity contribution in [2.75, 3.05) is 13.7 Å². The third-order valence-corrected chi connectivity index (χ3v) is 8.05. The minimum Gasteiger partial charge on any atom is -0.493 e. The first-order valence-electron chi connectivity index (χ1n) is 12.4. The van der Waals surface area contributed by atoms with Crippen molar-refractivity contribution in [3.63, 3.8) is 0 Å². The summed E-state index contributed by atoms with van der Waals surface area (Å²) >= 11 is 0. The van der Waals surface area contributed by atoms with E-state index in [9.17, 15) is 18.3 Å². The maximum absolute atomic E-state index is 13.8. The molecule has 4 rings (SSSR count). The Kier molecular flexibility index (Phi) is 8.59. The Balaban J connectivity index is 1.88. The molecule has 1 unspecified atom stereocenters. The molecule has 10 heteroatoms. The molecule has 2 heterocycles. The van der Waals surface area contributed by atoms with E-state index in [4.69, 9.17) is 9.47 Å². The van der Waals surface area contributed by atoms with Gasteiger partial charge in [-0.05, 0) is 61.2 Å². The Bertz CT molecular complexity index is 1600. The monoisotopic (exact) mass is 549 g/mol. The first-order valence-corrected chi connectivity index (χ1v) is 13.9. The van der Waals surface area contributed by atoms with Crippen LogP contribution in [0.15, 0.2) is 87.6 Å². The highest BCUT2D eigenvalue weighted by Gasteiger charge is 2.32. The van der Waals surface area contributed by atoms with Gasteiger partial charge in [0.25, 0.3) is 5.56 Å². The fourth-order valence-corrected chi connectivity index (χ4v) is 5.68. The number of rotatable bonds is 10. The zero-order valence-electron chi connectivity index (χ0n) is 22.2. The summed E-state index contributed by atoms with van der Waals surface area (Å²) in [4.78, 5) is 20.4. The normalized spacial score (nSPS) is 12.5. The summed E-state index contributed by atoms with van der Waals surface area (Å²) in [5, 5.41) is 11.5. The molecule has 2 aromatic heterocycles. The van der Waals surface area contributed by atoms with Gasteiger partial charge in [0.15, 0.2) is 4.90 Å². The molecule has 39 heavy (non-hydrogen) atoms. The first kappa shape index (κ1) is 28.2. The molecule has 1 N–H and O–H groups in total. The van der Waals surface area contributed by atoms with Gasteiger partial charge in [0, 0.05) is 19.5 Å². The second-order valence-corrected chi connectivity index (χ2v) is 11.2. The molecule has 1 atom stereocenters. The summed E-state index contributed by atoms with van der Waals surface area (Å²) < 4.78 is 39.9. The van der Waals surface area contributed by atoms with Gasteiger partial charge in [0.1, 0.15) is 12.4 Å². The minimum absolute atomic E-state index is 0.0796. The average Bonchev–Trinajstić information content (AvgIpc) is 2.91. The van der Waals surface area contributed by atoms with Crippen LogP contribution in [0.1, 0.15) is 36.8 Å². The number of ether oxygens (including phenoxy) is 2. The van der Waals surface area contributed by atoms with Crippen LogP contribution in [0, 0.1) is 6.92 Å². The summed E-state index contributed by atoms with van der Waals surface area (Å²) in [5.41, 5.74) is 2.29. The van der Waals surface area contributed by atoms with Crippen molar-refractivity contribution in [3.8, 4) is 17.0 Å². The Hall–Kier alpha value is -3.86. The maximum Gasteiger partial charge on any atom is 0.296 e. The van der Waals surface area contributed by atoms with Crippen LogP contribution in [0.5, 0.6) is 5.88 Å². The predicted octanol–water partition coefficient (Wildman–Crippen LogP) is 4.31. The van der Waals surface area contributed by atoms with Crippen LogP contribution in [0.2, 0.25) is 0 Å². The third-order valence-electron chi connectivity index (χ3n) is 6.27. The number of aromatic hydroxyl groups is 1. The number of nitrogens with zero attached hydrogens (tertiary/aromatic N) is 3. The van der Waals surface area contributed by atoms with E-state index >= 15 is 0 Å². The Morgan fingerprint density at radius 3 is 2.33 bits per heavy atom. The van der Waals surface area contributed by atoms with E-state index in [1.165, 1.54) is 23.8 Å². The highest BCUT2D eigenvalue weighted by atomic mass is 32.2. The standard InChI is InChI=1S/C29H31N3O6S/c1-19(2)38-18-26-31-28(33)27(29(34)32(26)25(17-37-4)22-8-6-5-7-9-22)39(35,36)23-12-10-21(11-13-23)24-14-15-30-16-20(24)3/h5-16,19,25,34H,17-18H2,1-4H3. The van der Waals surface area contributed by atoms with E-state index in [2.05, 4.69) is 9.97 Å². The molecule has 4 aromatic rings. The highest BCUT2D eigenvalue weighted by Crippen LogP contribution is 2.33. The van der Waals surface area contributed by atoms with Crippen LogP contribution in [0.4, 0.5) is 0 Å². The Labute approximate surface area is 227 Å². The van der Waals surface area contributed by atoms with E-state index in [1.807, 2.05) is 57.2 Å². The van der Waals surface area contributed by atoms with Crippen molar-refractivity contribution in [3.05, 3.63) is 100 Å². The number of hydrogen-bond acceptors (Lipinski definition) is 8. The van der Waals surface area contributed by atoms with Crippen molar-refractivity contribution >= 4 is 9.84 Å². The van der Waals surface area contributed by atoms with Gasteiger partial charge in [-0.15, -0.1) is 0 Å². The number of aryl methyl sites for hydroxylation is 1. The number of hydrogen-bond donors (Lipinski definition) is 1. The van der Waals surface area contributed by atoms with Crippen LogP contribution in [-0.4, -0.2) is 47.9 Å². The van der Waals surface area contributed by atoms with Crippen molar-refractivity contribution in [1.29, 1.82) is 0 Å². The molecule has 0 bridgehead atoms. The van der Waals surface area contributed by atoms with Gasteiger partial charge in [-0.3, -0.25) is 14.3 Å². The lowest BCUT2D eigenvalue weighted by atomic mass is 10.0. The van der Waals surface area contributed by atoms with E-state index in [0.717, 1.165) is 22.3 Å². The van der Waals surface area contributed by atoms with Gasteiger partial charge in [0.05, 0.1) is 23.6 Å². The topological polar surface area (TPSA) is 121 Å². The highest BCUT2D eigenvalue weighted by molar-refractivity contribution is 7.91. The smallest absolute Gasteiger partial charge is 0.296 e. The Morgan fingerprint density at radius 1 is 1.03 bits per heavy atom. The quantitative estimate of drug-likeness (QED) is 0.311. The first-order chi connectivity index (χ1) is 18.6. The Morgan fingerprint density at radius 2 is 1.72 bits per heavy atom. The van der Waals surface area contributed by atoms with E-state index < -0.39 is 32.2 Å². The number of pyridine rings is 1. The largest absolute Gasteiger partial charge is 0.493 e. The van der Waals surface area contributed by atoms with Crippen LogP contribution in [-0.2, 0) is 25.9 Å². The fourth-order valence-electron chi connectivity index (χ4n) is 4.34. The number of methoxy groups -OCH3 is 1. The molecule has 9 nitrogen and oxygen atoms in total. The summed E-state index contributed by atoms with van der Waals surface area (Å²) in [7, 11) is -2.95. The summed E-state index contributed by atoms with van der Waals surface area (Å²) in [6, 6.07) is 16.4. The second-order valence-electron chi connectivity index (χ2n) is 9.32. The number of benzene rings is 2. The van der Waals surface area contributed by atoms with Crippen molar-refractivity contribution in [2.45, 2.75) is 49.3 Å². The fraction of sp³-hybridized carbons (Fsp3) is 0.276. The zero-order valence-corrected chi connectivity index (χ0v) is 23.1. The molecular formula is C29H31N3O6S. The zero-order chi connectivity index (χ0) is 28.2. The van der Waals surface area contributed by atoms with Crippen molar-refractivity contribution < 1.29 is 23.0 Å². The second kappa shape index (κ2) is 11.9. The minimum atomic E-state index is -4.45. The summed E-state index contributed by atoms with van der Waals surface area (Å²) in [6.45, 7) is 5.52. The molecule has 0 fully saturated rings. The van der Waals surface area contributed by atoms with Crippen LogP contribution < -0.4 is 5.56 Å². The molecule has 0 radical (unpaired) electrons. The van der Waals surface area contributed by atoms with Gasteiger partial charge < -0.3 is 14.6 Å². The summed E-state index contributed by atoms with van der Waals surface area (Å²) in [5.74, 6) is -0.642. The van der Waals surface area contributed by atoms with Crippen molar-refractivity contribution in [1.82, 2.24) is 14.5 Å². The third kappa shape index (κ3) is 5.93. The van der Waals surface area contributed by atoms with Gasteiger partial charge in [0.2, 0.25) is 15.7 Å². The molecule has 204 valence electrons. The van der Waals surface area contributed by atoms with Crippen LogP contribution in [0.25, 0.3) is 11.1 Å². The molecule has 0 aliphatic heterocycles. The number of sulfone groups is 1. The molecule has 0 saturated carbocycles. The van der Waals surface area contributed by atoms with Gasteiger partial charge >= 0.3 is 0 Å². The molecular weight excluding hydrogens is 518 g/mol.